The summed E-state index contributed by atoms with van der Waals surface area (Å²) >= 11 is 5.10. The molecule has 0 bridgehead atoms. The van der Waals surface area contributed by atoms with Gasteiger partial charge in [0.2, 0.25) is 10.6 Å². The number of nitro groups is 1. The minimum Gasteiger partial charge on any atom is -0.461 e. The molecule has 110 valence electrons. The molecule has 0 spiro atoms. The quantitative estimate of drug-likeness (QED) is 0.345. The van der Waals surface area contributed by atoms with E-state index in [9.17, 15) is 10.1 Å². The maximum Gasteiger partial charge on any atom is 0.278 e. The van der Waals surface area contributed by atoms with E-state index < -0.39 is 4.92 Å². The van der Waals surface area contributed by atoms with E-state index in [1.807, 2.05) is 0 Å². The fraction of sp³-hybridized carbons (Fsp3) is 0. The number of hydrogen-bond acceptors (Lipinski definition) is 6. The smallest absolute Gasteiger partial charge is 0.278 e. The van der Waals surface area contributed by atoms with Gasteiger partial charge >= 0.3 is 0 Å². The minimum atomic E-state index is -0.469. The Hall–Kier alpha value is -3.07. The second kappa shape index (κ2) is 5.74. The van der Waals surface area contributed by atoms with Crippen LogP contribution < -0.4 is 0 Å². The van der Waals surface area contributed by atoms with Crippen LogP contribution in [0.5, 0.6) is 0 Å². The van der Waals surface area contributed by atoms with Crippen LogP contribution in [-0.4, -0.2) is 26.0 Å². The van der Waals surface area contributed by atoms with Gasteiger partial charge in [0, 0.05) is 6.07 Å². The third-order valence-corrected chi connectivity index (χ3v) is 3.10. The van der Waals surface area contributed by atoms with Gasteiger partial charge in [0.05, 0.1) is 23.0 Å². The number of rotatable bonds is 4. The third-order valence-electron chi connectivity index (χ3n) is 2.84. The van der Waals surface area contributed by atoms with E-state index in [0.29, 0.717) is 17.1 Å². The minimum absolute atomic E-state index is 0.0409. The van der Waals surface area contributed by atoms with E-state index in [2.05, 4.69) is 15.3 Å². The molecule has 0 amide bonds. The van der Waals surface area contributed by atoms with Crippen LogP contribution in [0.4, 0.5) is 5.69 Å². The van der Waals surface area contributed by atoms with Crippen LogP contribution in [0.2, 0.25) is 0 Å². The number of nitro benzene ring substituents is 1. The number of para-hydroxylation sites is 1. The maximum atomic E-state index is 11.0. The summed E-state index contributed by atoms with van der Waals surface area (Å²) in [4.78, 5) is 10.5. The van der Waals surface area contributed by atoms with E-state index >= 15 is 0 Å². The number of benzene rings is 1. The van der Waals surface area contributed by atoms with Crippen LogP contribution >= 0.6 is 12.2 Å². The lowest BCUT2D eigenvalue weighted by Gasteiger charge is -1.98. The molecule has 0 aliphatic rings. The average molecular weight is 315 g/mol. The van der Waals surface area contributed by atoms with Crippen molar-refractivity contribution in [3.63, 3.8) is 0 Å². The van der Waals surface area contributed by atoms with Gasteiger partial charge in [0.15, 0.2) is 5.76 Å². The topological polar surface area (TPSA) is 102 Å². The Morgan fingerprint density at radius 1 is 1.36 bits per heavy atom. The van der Waals surface area contributed by atoms with Crippen molar-refractivity contribution in [2.75, 3.05) is 0 Å². The first kappa shape index (κ1) is 13.9. The molecule has 0 saturated carbocycles. The van der Waals surface area contributed by atoms with Gasteiger partial charge in [0.1, 0.15) is 0 Å². The standard InChI is InChI=1S/C13H9N5O3S/c19-18(20)10-5-2-1-4-9(10)8-14-17-12(15-16-13(17)22)11-6-3-7-21-11/h1-8H,(H,16,22)/b14-8-. The molecule has 3 aromatic rings. The molecule has 2 heterocycles. The van der Waals surface area contributed by atoms with Crippen molar-refractivity contribution >= 4 is 24.1 Å². The molecule has 0 saturated heterocycles. The molecule has 1 aromatic carbocycles. The van der Waals surface area contributed by atoms with Gasteiger partial charge in [-0.3, -0.25) is 10.1 Å². The van der Waals surface area contributed by atoms with Gasteiger partial charge in [-0.15, -0.1) is 5.10 Å². The number of H-pyrrole nitrogens is 1. The van der Waals surface area contributed by atoms with Crippen LogP contribution in [0.1, 0.15) is 5.56 Å². The Balaban J connectivity index is 2.03. The van der Waals surface area contributed by atoms with E-state index in [0.717, 1.165) is 0 Å². The highest BCUT2D eigenvalue weighted by molar-refractivity contribution is 7.71. The lowest BCUT2D eigenvalue weighted by atomic mass is 10.2. The van der Waals surface area contributed by atoms with Crippen molar-refractivity contribution in [2.24, 2.45) is 5.10 Å². The number of hydrogen-bond donors (Lipinski definition) is 1. The van der Waals surface area contributed by atoms with Gasteiger partial charge in [-0.05, 0) is 30.4 Å². The summed E-state index contributed by atoms with van der Waals surface area (Å²) in [5, 5.41) is 21.8. The molecule has 3 rings (SSSR count). The zero-order valence-electron chi connectivity index (χ0n) is 11.0. The predicted octanol–water partition coefficient (Wildman–Crippen LogP) is 2.99. The molecule has 9 heteroatoms. The second-order valence-corrected chi connectivity index (χ2v) is 4.59. The van der Waals surface area contributed by atoms with Crippen LogP contribution in [0.25, 0.3) is 11.6 Å². The molecule has 0 atom stereocenters. The monoisotopic (exact) mass is 315 g/mol. The zero-order valence-corrected chi connectivity index (χ0v) is 11.9. The summed E-state index contributed by atoms with van der Waals surface area (Å²) in [6, 6.07) is 9.70. The fourth-order valence-corrected chi connectivity index (χ4v) is 2.03. The molecular weight excluding hydrogens is 306 g/mol. The first-order valence-corrected chi connectivity index (χ1v) is 6.56. The summed E-state index contributed by atoms with van der Waals surface area (Å²) in [7, 11) is 0. The normalized spacial score (nSPS) is 11.1. The van der Waals surface area contributed by atoms with Crippen LogP contribution in [-0.2, 0) is 0 Å². The van der Waals surface area contributed by atoms with E-state index in [-0.39, 0.29) is 10.5 Å². The highest BCUT2D eigenvalue weighted by Gasteiger charge is 2.12. The number of nitrogens with zero attached hydrogens (tertiary/aromatic N) is 4. The van der Waals surface area contributed by atoms with Crippen LogP contribution in [0.15, 0.2) is 52.2 Å². The number of aromatic amines is 1. The number of nitrogens with one attached hydrogen (secondary N) is 1. The molecule has 0 aliphatic carbocycles. The fourth-order valence-electron chi connectivity index (χ4n) is 1.85. The predicted molar refractivity (Wildman–Crippen MR) is 81.2 cm³/mol. The lowest BCUT2D eigenvalue weighted by molar-refractivity contribution is -0.385. The van der Waals surface area contributed by atoms with Crippen LogP contribution in [0.3, 0.4) is 0 Å². The number of aromatic nitrogens is 3. The molecule has 0 radical (unpaired) electrons. The van der Waals surface area contributed by atoms with Gasteiger partial charge in [0.25, 0.3) is 5.69 Å². The van der Waals surface area contributed by atoms with E-state index in [4.69, 9.17) is 16.6 Å². The van der Waals surface area contributed by atoms with Gasteiger partial charge in [-0.1, -0.05) is 12.1 Å². The van der Waals surface area contributed by atoms with E-state index in [1.54, 1.807) is 30.3 Å². The second-order valence-electron chi connectivity index (χ2n) is 4.20. The SMILES string of the molecule is O=[N+]([O-])c1ccccc1/C=N\n1c(-c2ccco2)n[nH]c1=S. The molecule has 0 aliphatic heterocycles. The first-order valence-electron chi connectivity index (χ1n) is 6.16. The third kappa shape index (κ3) is 2.56. The zero-order chi connectivity index (χ0) is 15.5. The summed E-state index contributed by atoms with van der Waals surface area (Å²) < 4.78 is 6.85. The Bertz CT molecular complexity index is 895. The highest BCUT2D eigenvalue weighted by Crippen LogP contribution is 2.18. The van der Waals surface area contributed by atoms with Crippen LogP contribution in [0, 0.1) is 14.9 Å². The number of furan rings is 1. The first-order chi connectivity index (χ1) is 10.7. The average Bonchev–Trinajstić information content (AvgIpc) is 3.15. The van der Waals surface area contributed by atoms with Gasteiger partial charge < -0.3 is 4.42 Å². The van der Waals surface area contributed by atoms with Gasteiger partial charge in [-0.2, -0.15) is 9.78 Å². The highest BCUT2D eigenvalue weighted by atomic mass is 32.1. The van der Waals surface area contributed by atoms with Crippen molar-refractivity contribution in [1.82, 2.24) is 14.9 Å². The van der Waals surface area contributed by atoms with Gasteiger partial charge in [-0.25, -0.2) is 5.10 Å². The molecule has 1 N–H and O–H groups in total. The molecule has 0 fully saturated rings. The largest absolute Gasteiger partial charge is 0.461 e. The summed E-state index contributed by atoms with van der Waals surface area (Å²) in [5.74, 6) is 0.858. The van der Waals surface area contributed by atoms with Crippen molar-refractivity contribution in [2.45, 2.75) is 0 Å². The molecule has 2 aromatic heterocycles. The maximum absolute atomic E-state index is 11.0. The summed E-state index contributed by atoms with van der Waals surface area (Å²) in [5.41, 5.74) is 0.321. The molecule has 8 nitrogen and oxygen atoms in total. The Kier molecular flexibility index (Phi) is 3.62. The lowest BCUT2D eigenvalue weighted by Crippen LogP contribution is -1.97. The van der Waals surface area contributed by atoms with Crippen molar-refractivity contribution < 1.29 is 9.34 Å². The van der Waals surface area contributed by atoms with E-state index in [1.165, 1.54) is 23.2 Å². The molecule has 22 heavy (non-hydrogen) atoms. The van der Waals surface area contributed by atoms with Crippen molar-refractivity contribution in [3.8, 4) is 11.6 Å². The molecular formula is C13H9N5O3S. The Morgan fingerprint density at radius 2 is 2.18 bits per heavy atom. The molecule has 0 unspecified atom stereocenters. The van der Waals surface area contributed by atoms with Crippen molar-refractivity contribution in [1.29, 1.82) is 0 Å². The van der Waals surface area contributed by atoms with Crippen molar-refractivity contribution in [3.05, 3.63) is 63.1 Å². The Labute approximate surface area is 128 Å². The Morgan fingerprint density at radius 3 is 2.91 bits per heavy atom. The summed E-state index contributed by atoms with van der Waals surface area (Å²) in [6.45, 7) is 0. The summed E-state index contributed by atoms with van der Waals surface area (Å²) in [6.07, 6.45) is 2.86.